The molecule has 2 nitrogen and oxygen atoms in total. The molecule has 1 heterocycles. The van der Waals surface area contributed by atoms with E-state index in [-0.39, 0.29) is 5.41 Å². The van der Waals surface area contributed by atoms with Gasteiger partial charge in [0.25, 0.3) is 0 Å². The third kappa shape index (κ3) is 0.902. The van der Waals surface area contributed by atoms with Crippen LogP contribution in [0.15, 0.2) is 18.5 Å². The predicted octanol–water partition coefficient (Wildman–Crippen LogP) is 1.95. The molecule has 0 atom stereocenters. The second-order valence-corrected chi connectivity index (χ2v) is 3.38. The van der Waals surface area contributed by atoms with E-state index in [4.69, 9.17) is 5.26 Å². The number of aromatic nitrogens is 1. The lowest BCUT2D eigenvalue weighted by Crippen LogP contribution is -2.05. The summed E-state index contributed by atoms with van der Waals surface area (Å²) >= 11 is 0. The Morgan fingerprint density at radius 1 is 1.58 bits per heavy atom. The van der Waals surface area contributed by atoms with Crippen molar-refractivity contribution in [2.45, 2.75) is 25.2 Å². The van der Waals surface area contributed by atoms with Crippen LogP contribution in [0.2, 0.25) is 0 Å². The molecule has 0 amide bonds. The van der Waals surface area contributed by atoms with Crippen molar-refractivity contribution < 1.29 is 0 Å². The van der Waals surface area contributed by atoms with Crippen LogP contribution >= 0.6 is 0 Å². The molecule has 0 bridgehead atoms. The molecule has 0 spiro atoms. The van der Waals surface area contributed by atoms with E-state index in [1.165, 1.54) is 5.56 Å². The Morgan fingerprint density at radius 2 is 2.33 bits per heavy atom. The molecule has 60 valence electrons. The van der Waals surface area contributed by atoms with Crippen molar-refractivity contribution in [1.82, 2.24) is 4.98 Å². The minimum atomic E-state index is -0.182. The first kappa shape index (κ1) is 7.30. The van der Waals surface area contributed by atoms with Gasteiger partial charge in [0, 0.05) is 12.4 Å². The molecule has 0 radical (unpaired) electrons. The van der Waals surface area contributed by atoms with E-state index in [1.807, 2.05) is 19.2 Å². The summed E-state index contributed by atoms with van der Waals surface area (Å²) in [6.07, 6.45) is 5.59. The van der Waals surface area contributed by atoms with Gasteiger partial charge in [-0.05, 0) is 37.0 Å². The Balaban J connectivity index is 2.48. The van der Waals surface area contributed by atoms with Gasteiger partial charge in [-0.2, -0.15) is 5.26 Å². The first-order valence-corrected chi connectivity index (χ1v) is 4.11. The van der Waals surface area contributed by atoms with E-state index < -0.39 is 0 Å². The van der Waals surface area contributed by atoms with Crippen LogP contribution in [0.1, 0.15) is 24.0 Å². The molecule has 2 rings (SSSR count). The summed E-state index contributed by atoms with van der Waals surface area (Å²) in [7, 11) is 0. The molecule has 1 saturated carbocycles. The van der Waals surface area contributed by atoms with Gasteiger partial charge in [-0.1, -0.05) is 0 Å². The summed E-state index contributed by atoms with van der Waals surface area (Å²) in [5.41, 5.74) is 2.12. The Bertz CT molecular complexity index is 345. The van der Waals surface area contributed by atoms with Gasteiger partial charge < -0.3 is 0 Å². The predicted molar refractivity (Wildman–Crippen MR) is 45.5 cm³/mol. The van der Waals surface area contributed by atoms with Gasteiger partial charge in [0.15, 0.2) is 0 Å². The molecule has 0 aliphatic heterocycles. The van der Waals surface area contributed by atoms with Gasteiger partial charge in [-0.3, -0.25) is 4.98 Å². The largest absolute Gasteiger partial charge is 0.264 e. The first-order chi connectivity index (χ1) is 5.78. The molecule has 12 heavy (non-hydrogen) atoms. The quantitative estimate of drug-likeness (QED) is 0.626. The summed E-state index contributed by atoms with van der Waals surface area (Å²) in [6, 6.07) is 4.33. The first-order valence-electron chi connectivity index (χ1n) is 4.11. The van der Waals surface area contributed by atoms with Gasteiger partial charge in [-0.15, -0.1) is 0 Å². The maximum atomic E-state index is 8.96. The van der Waals surface area contributed by atoms with E-state index in [2.05, 4.69) is 11.1 Å². The molecule has 0 aromatic carbocycles. The lowest BCUT2D eigenvalue weighted by molar-refractivity contribution is 0.883. The van der Waals surface area contributed by atoms with Gasteiger partial charge in [0.2, 0.25) is 0 Å². The number of hydrogen-bond acceptors (Lipinski definition) is 2. The second-order valence-electron chi connectivity index (χ2n) is 3.38. The average molecular weight is 158 g/mol. The molecule has 0 saturated heterocycles. The zero-order valence-corrected chi connectivity index (χ0v) is 7.04. The monoisotopic (exact) mass is 158 g/mol. The van der Waals surface area contributed by atoms with Crippen molar-refractivity contribution in [2.75, 3.05) is 0 Å². The molecule has 1 fully saturated rings. The minimum absolute atomic E-state index is 0.182. The van der Waals surface area contributed by atoms with Crippen LogP contribution in [-0.4, -0.2) is 4.98 Å². The third-order valence-electron chi connectivity index (χ3n) is 2.52. The SMILES string of the molecule is Cc1ccncc1C1(C#N)CC1. The fraction of sp³-hybridized carbons (Fsp3) is 0.400. The van der Waals surface area contributed by atoms with Crippen LogP contribution in [0.25, 0.3) is 0 Å². The summed E-state index contributed by atoms with van der Waals surface area (Å²) in [4.78, 5) is 4.05. The molecular weight excluding hydrogens is 148 g/mol. The van der Waals surface area contributed by atoms with Gasteiger partial charge >= 0.3 is 0 Å². The number of rotatable bonds is 1. The topological polar surface area (TPSA) is 36.7 Å². The van der Waals surface area contributed by atoms with Crippen molar-refractivity contribution >= 4 is 0 Å². The Hall–Kier alpha value is -1.36. The number of hydrogen-bond donors (Lipinski definition) is 0. The lowest BCUT2D eigenvalue weighted by Gasteiger charge is -2.07. The average Bonchev–Trinajstić information content (AvgIpc) is 2.86. The number of pyridine rings is 1. The van der Waals surface area contributed by atoms with Gasteiger partial charge in [-0.25, -0.2) is 0 Å². The van der Waals surface area contributed by atoms with E-state index in [0.29, 0.717) is 0 Å². The molecular formula is C10H10N2. The van der Waals surface area contributed by atoms with E-state index in [1.54, 1.807) is 6.20 Å². The molecule has 1 aromatic rings. The fourth-order valence-electron chi connectivity index (χ4n) is 1.53. The highest BCUT2D eigenvalue weighted by Gasteiger charge is 2.45. The van der Waals surface area contributed by atoms with Gasteiger partial charge in [0.05, 0.1) is 11.5 Å². The molecule has 1 aliphatic carbocycles. The Kier molecular flexibility index (Phi) is 1.41. The van der Waals surface area contributed by atoms with Crippen molar-refractivity contribution in [3.8, 4) is 6.07 Å². The van der Waals surface area contributed by atoms with Crippen LogP contribution in [0.4, 0.5) is 0 Å². The summed E-state index contributed by atoms with van der Waals surface area (Å²) < 4.78 is 0. The van der Waals surface area contributed by atoms with E-state index in [9.17, 15) is 0 Å². The highest BCUT2D eigenvalue weighted by molar-refractivity contribution is 5.41. The maximum absolute atomic E-state index is 8.96. The normalized spacial score (nSPS) is 18.3. The molecule has 0 unspecified atom stereocenters. The Morgan fingerprint density at radius 3 is 2.83 bits per heavy atom. The number of nitriles is 1. The fourth-order valence-corrected chi connectivity index (χ4v) is 1.53. The van der Waals surface area contributed by atoms with Crippen molar-refractivity contribution in [1.29, 1.82) is 5.26 Å². The van der Waals surface area contributed by atoms with Crippen molar-refractivity contribution in [3.05, 3.63) is 29.6 Å². The van der Waals surface area contributed by atoms with Crippen molar-refractivity contribution in [3.63, 3.8) is 0 Å². The highest BCUT2D eigenvalue weighted by Crippen LogP contribution is 2.48. The van der Waals surface area contributed by atoms with Crippen LogP contribution in [0, 0.1) is 18.3 Å². The molecule has 0 N–H and O–H groups in total. The van der Waals surface area contributed by atoms with Crippen LogP contribution in [0.5, 0.6) is 0 Å². The smallest absolute Gasteiger partial charge is 0.0841 e. The lowest BCUT2D eigenvalue weighted by atomic mass is 9.96. The number of aryl methyl sites for hydroxylation is 1. The van der Waals surface area contributed by atoms with Crippen LogP contribution in [-0.2, 0) is 5.41 Å². The zero-order chi connectivity index (χ0) is 8.60. The molecule has 2 heteroatoms. The minimum Gasteiger partial charge on any atom is -0.264 e. The standard InChI is InChI=1S/C10H10N2/c1-8-2-5-12-6-9(8)10(7-11)3-4-10/h2,5-6H,3-4H2,1H3. The maximum Gasteiger partial charge on any atom is 0.0841 e. The van der Waals surface area contributed by atoms with Crippen LogP contribution < -0.4 is 0 Å². The third-order valence-corrected chi connectivity index (χ3v) is 2.52. The zero-order valence-electron chi connectivity index (χ0n) is 7.04. The van der Waals surface area contributed by atoms with Crippen LogP contribution in [0.3, 0.4) is 0 Å². The van der Waals surface area contributed by atoms with Crippen molar-refractivity contribution in [2.24, 2.45) is 0 Å². The molecule has 1 aromatic heterocycles. The summed E-state index contributed by atoms with van der Waals surface area (Å²) in [5, 5.41) is 8.96. The van der Waals surface area contributed by atoms with E-state index in [0.717, 1.165) is 18.4 Å². The number of nitrogens with zero attached hydrogens (tertiary/aromatic N) is 2. The Labute approximate surface area is 71.9 Å². The summed E-state index contributed by atoms with van der Waals surface area (Å²) in [6.45, 7) is 2.04. The molecule has 1 aliphatic rings. The second kappa shape index (κ2) is 2.31. The van der Waals surface area contributed by atoms with E-state index >= 15 is 0 Å². The highest BCUT2D eigenvalue weighted by atomic mass is 14.6. The van der Waals surface area contributed by atoms with Gasteiger partial charge in [0.1, 0.15) is 0 Å². The summed E-state index contributed by atoms with van der Waals surface area (Å²) in [5.74, 6) is 0.